The molecule has 0 amide bonds. The zero-order chi connectivity index (χ0) is 10.7. The number of rotatable bonds is 3. The Kier molecular flexibility index (Phi) is 2.88. The van der Waals surface area contributed by atoms with Gasteiger partial charge in [0, 0.05) is 0 Å². The third kappa shape index (κ3) is 2.48. The van der Waals surface area contributed by atoms with Gasteiger partial charge in [0.05, 0.1) is 6.54 Å². The van der Waals surface area contributed by atoms with Crippen molar-refractivity contribution in [1.29, 1.82) is 0 Å². The van der Waals surface area contributed by atoms with Crippen molar-refractivity contribution in [2.75, 3.05) is 5.32 Å². The first-order chi connectivity index (χ1) is 7.25. The van der Waals surface area contributed by atoms with Crippen LogP contribution in [0.15, 0.2) is 0 Å². The number of tetrazole rings is 1. The molecule has 0 aliphatic rings. The molecule has 0 spiro atoms. The zero-order valence-corrected chi connectivity index (χ0v) is 8.66. The average Bonchev–Trinajstić information content (AvgIpc) is 2.72. The monoisotopic (exact) mass is 246 g/mol. The molecular formula is C5H4Cl2N8. The number of hydrogen-bond donors (Lipinski definition) is 2. The number of nitrogens with one attached hydrogen (secondary N) is 2. The minimum Gasteiger partial charge on any atom is -0.360 e. The van der Waals surface area contributed by atoms with Crippen molar-refractivity contribution >= 4 is 29.0 Å². The summed E-state index contributed by atoms with van der Waals surface area (Å²) in [4.78, 5) is 3.83. The Hall–Kier alpha value is -1.54. The van der Waals surface area contributed by atoms with Crippen molar-refractivity contribution < 1.29 is 0 Å². The Balaban J connectivity index is 2.07. The summed E-state index contributed by atoms with van der Waals surface area (Å²) < 4.78 is 0. The molecule has 0 aliphatic heterocycles. The number of hydrogen-bond acceptors (Lipinski definition) is 7. The maximum absolute atomic E-state index is 5.71. The van der Waals surface area contributed by atoms with Crippen LogP contribution in [0, 0.1) is 0 Å². The van der Waals surface area contributed by atoms with Crippen LogP contribution in [0.5, 0.6) is 0 Å². The third-order valence-electron chi connectivity index (χ3n) is 1.42. The summed E-state index contributed by atoms with van der Waals surface area (Å²) in [7, 11) is 0. The normalized spacial score (nSPS) is 10.3. The molecule has 2 rings (SSSR count). The molecule has 0 atom stereocenters. The quantitative estimate of drug-likeness (QED) is 0.803. The Bertz CT molecular complexity index is 442. The van der Waals surface area contributed by atoms with Gasteiger partial charge in [-0.15, -0.1) is 20.4 Å². The summed E-state index contributed by atoms with van der Waals surface area (Å²) in [6.07, 6.45) is 0. The van der Waals surface area contributed by atoms with E-state index in [0.29, 0.717) is 18.2 Å². The molecule has 10 heteroatoms. The van der Waals surface area contributed by atoms with Gasteiger partial charge in [-0.05, 0) is 11.6 Å². The maximum atomic E-state index is 5.71. The van der Waals surface area contributed by atoms with Crippen molar-refractivity contribution in [3.8, 4) is 0 Å². The lowest BCUT2D eigenvalue weighted by Gasteiger charge is -2.02. The van der Waals surface area contributed by atoms with Crippen LogP contribution in [0.1, 0.15) is 5.82 Å². The predicted octanol–water partition coefficient (Wildman–Crippen LogP) is 0.304. The fraction of sp³-hybridized carbons (Fsp3) is 0.200. The number of anilines is 1. The van der Waals surface area contributed by atoms with Gasteiger partial charge < -0.3 is 5.32 Å². The van der Waals surface area contributed by atoms with E-state index < -0.39 is 0 Å². The number of halogens is 2. The number of aromatic nitrogens is 7. The van der Waals surface area contributed by atoms with E-state index in [9.17, 15) is 0 Å². The van der Waals surface area contributed by atoms with Gasteiger partial charge in [0.1, 0.15) is 0 Å². The standard InChI is InChI=1S/C5H4Cl2N8/c6-3-4(9-5(7)13-12-3)8-1-2-10-14-15-11-2/h1H2,(H,8,9,13)(H,10,11,14,15). The lowest BCUT2D eigenvalue weighted by molar-refractivity contribution is 0.881. The van der Waals surface area contributed by atoms with E-state index in [4.69, 9.17) is 23.2 Å². The van der Waals surface area contributed by atoms with E-state index in [1.54, 1.807) is 0 Å². The van der Waals surface area contributed by atoms with Crippen LogP contribution >= 0.6 is 23.2 Å². The Morgan fingerprint density at radius 3 is 2.80 bits per heavy atom. The van der Waals surface area contributed by atoms with E-state index in [0.717, 1.165) is 0 Å². The molecular weight excluding hydrogens is 243 g/mol. The first kappa shape index (κ1) is 9.99. The van der Waals surface area contributed by atoms with Crippen LogP contribution in [-0.4, -0.2) is 35.8 Å². The van der Waals surface area contributed by atoms with Gasteiger partial charge >= 0.3 is 0 Å². The van der Waals surface area contributed by atoms with Crippen molar-refractivity contribution in [1.82, 2.24) is 35.8 Å². The zero-order valence-electron chi connectivity index (χ0n) is 7.15. The van der Waals surface area contributed by atoms with E-state index in [2.05, 4.69) is 41.1 Å². The average molecular weight is 247 g/mol. The van der Waals surface area contributed by atoms with Gasteiger partial charge in [0.2, 0.25) is 5.28 Å². The fourth-order valence-electron chi connectivity index (χ4n) is 0.826. The minimum absolute atomic E-state index is 0.00927. The SMILES string of the molecule is Clc1nnc(Cl)c(NCc2nn[nH]n2)n1. The molecule has 2 N–H and O–H groups in total. The second kappa shape index (κ2) is 4.32. The van der Waals surface area contributed by atoms with Crippen LogP contribution in [0.4, 0.5) is 5.82 Å². The summed E-state index contributed by atoms with van der Waals surface area (Å²) in [6.45, 7) is 0.311. The summed E-state index contributed by atoms with van der Waals surface area (Å²) in [5.74, 6) is 0.794. The second-order valence-electron chi connectivity index (χ2n) is 2.40. The Morgan fingerprint density at radius 1 is 1.20 bits per heavy atom. The van der Waals surface area contributed by atoms with Crippen molar-refractivity contribution in [2.45, 2.75) is 6.54 Å². The highest BCUT2D eigenvalue weighted by Gasteiger charge is 2.06. The van der Waals surface area contributed by atoms with Crippen LogP contribution in [0.3, 0.4) is 0 Å². The molecule has 0 fully saturated rings. The number of aromatic amines is 1. The minimum atomic E-state index is 0.00927. The number of nitrogens with zero attached hydrogens (tertiary/aromatic N) is 6. The topological polar surface area (TPSA) is 105 Å². The molecule has 0 unspecified atom stereocenters. The van der Waals surface area contributed by atoms with Gasteiger partial charge in [-0.1, -0.05) is 16.8 Å². The van der Waals surface area contributed by atoms with Crippen LogP contribution in [0.2, 0.25) is 10.4 Å². The van der Waals surface area contributed by atoms with Crippen LogP contribution < -0.4 is 5.32 Å². The summed E-state index contributed by atoms with van der Waals surface area (Å²) in [5.41, 5.74) is 0. The molecule has 0 radical (unpaired) electrons. The van der Waals surface area contributed by atoms with E-state index in [1.165, 1.54) is 0 Å². The fourth-order valence-corrected chi connectivity index (χ4v) is 1.10. The van der Waals surface area contributed by atoms with Gasteiger partial charge in [0.15, 0.2) is 16.8 Å². The first-order valence-electron chi connectivity index (χ1n) is 3.77. The van der Waals surface area contributed by atoms with Gasteiger partial charge in [-0.25, -0.2) is 0 Å². The third-order valence-corrected chi connectivity index (χ3v) is 1.84. The van der Waals surface area contributed by atoms with Gasteiger partial charge in [0.25, 0.3) is 0 Å². The molecule has 0 saturated carbocycles. The summed E-state index contributed by atoms with van der Waals surface area (Å²) in [6, 6.07) is 0. The highest BCUT2D eigenvalue weighted by Crippen LogP contribution is 2.16. The molecule has 2 aromatic heterocycles. The molecule has 0 saturated heterocycles. The molecule has 8 nitrogen and oxygen atoms in total. The van der Waals surface area contributed by atoms with Gasteiger partial charge in [-0.3, -0.25) is 0 Å². The van der Waals surface area contributed by atoms with Crippen molar-refractivity contribution in [2.24, 2.45) is 0 Å². The predicted molar refractivity (Wildman–Crippen MR) is 51.4 cm³/mol. The highest BCUT2D eigenvalue weighted by atomic mass is 35.5. The molecule has 0 bridgehead atoms. The molecule has 2 aromatic rings. The van der Waals surface area contributed by atoms with E-state index in [-0.39, 0.29) is 10.4 Å². The lowest BCUT2D eigenvalue weighted by Crippen LogP contribution is -2.05. The smallest absolute Gasteiger partial charge is 0.245 e. The largest absolute Gasteiger partial charge is 0.360 e. The summed E-state index contributed by atoms with van der Waals surface area (Å²) >= 11 is 11.3. The summed E-state index contributed by atoms with van der Waals surface area (Å²) in [5, 5.41) is 23.2. The van der Waals surface area contributed by atoms with E-state index in [1.807, 2.05) is 0 Å². The van der Waals surface area contributed by atoms with Crippen LogP contribution in [-0.2, 0) is 6.54 Å². The van der Waals surface area contributed by atoms with Crippen molar-refractivity contribution in [3.63, 3.8) is 0 Å². The van der Waals surface area contributed by atoms with Crippen LogP contribution in [0.25, 0.3) is 0 Å². The molecule has 15 heavy (non-hydrogen) atoms. The number of H-pyrrole nitrogens is 1. The Labute approximate surface area is 93.4 Å². The van der Waals surface area contributed by atoms with E-state index >= 15 is 0 Å². The van der Waals surface area contributed by atoms with Crippen molar-refractivity contribution in [3.05, 3.63) is 16.3 Å². The second-order valence-corrected chi connectivity index (χ2v) is 3.10. The highest BCUT2D eigenvalue weighted by molar-refractivity contribution is 6.32. The molecule has 2 heterocycles. The lowest BCUT2D eigenvalue weighted by atomic mass is 10.6. The first-order valence-corrected chi connectivity index (χ1v) is 4.53. The molecule has 0 aromatic carbocycles. The maximum Gasteiger partial charge on any atom is 0.245 e. The molecule has 78 valence electrons. The molecule has 0 aliphatic carbocycles. The van der Waals surface area contributed by atoms with Gasteiger partial charge in [-0.2, -0.15) is 10.2 Å². The Morgan fingerprint density at radius 2 is 2.07 bits per heavy atom.